The van der Waals surface area contributed by atoms with Gasteiger partial charge < -0.3 is 14.8 Å². The molecule has 1 N–H and O–H groups in total. The van der Waals surface area contributed by atoms with E-state index in [4.69, 9.17) is 21.1 Å². The van der Waals surface area contributed by atoms with E-state index in [2.05, 4.69) is 17.2 Å². The minimum Gasteiger partial charge on any atom is -0.454 e. The van der Waals surface area contributed by atoms with Gasteiger partial charge in [0.25, 0.3) is 0 Å². The summed E-state index contributed by atoms with van der Waals surface area (Å²) in [6.07, 6.45) is 3.03. The number of halogens is 1. The minimum absolute atomic E-state index is 0.225. The van der Waals surface area contributed by atoms with Gasteiger partial charge in [-0.3, -0.25) is 0 Å². The number of ether oxygens (including phenoxy) is 2. The van der Waals surface area contributed by atoms with Gasteiger partial charge in [-0.1, -0.05) is 18.5 Å². The molecule has 2 aromatic rings. The molecular formula is C14H15ClN2O2S. The van der Waals surface area contributed by atoms with Gasteiger partial charge in [-0.25, -0.2) is 4.98 Å². The summed E-state index contributed by atoms with van der Waals surface area (Å²) < 4.78 is 10.7. The van der Waals surface area contributed by atoms with Crippen molar-refractivity contribution in [3.8, 4) is 22.1 Å². The Morgan fingerprint density at radius 3 is 3.15 bits per heavy atom. The van der Waals surface area contributed by atoms with Gasteiger partial charge in [-0.05, 0) is 25.1 Å². The van der Waals surface area contributed by atoms with Crippen molar-refractivity contribution < 1.29 is 9.47 Å². The van der Waals surface area contributed by atoms with Crippen molar-refractivity contribution in [1.82, 2.24) is 10.3 Å². The van der Waals surface area contributed by atoms with E-state index in [9.17, 15) is 0 Å². The number of thiazole rings is 1. The van der Waals surface area contributed by atoms with Crippen LogP contribution in [0.4, 0.5) is 0 Å². The Balaban J connectivity index is 1.81. The summed E-state index contributed by atoms with van der Waals surface area (Å²) >= 11 is 7.86. The SMILES string of the molecule is CCCNCc1cnc(-c2cc(Cl)c3c(c2)OCO3)s1. The average molecular weight is 311 g/mol. The quantitative estimate of drug-likeness (QED) is 0.855. The largest absolute Gasteiger partial charge is 0.454 e. The first-order valence-electron chi connectivity index (χ1n) is 6.53. The van der Waals surface area contributed by atoms with Crippen LogP contribution >= 0.6 is 22.9 Å². The molecule has 1 aliphatic rings. The second-order valence-corrected chi connectivity index (χ2v) is 6.02. The lowest BCUT2D eigenvalue weighted by Gasteiger charge is -2.02. The molecule has 0 saturated heterocycles. The predicted molar refractivity (Wildman–Crippen MR) is 80.7 cm³/mol. The maximum atomic E-state index is 6.19. The van der Waals surface area contributed by atoms with Crippen molar-refractivity contribution in [2.45, 2.75) is 19.9 Å². The molecule has 4 nitrogen and oxygen atoms in total. The fourth-order valence-corrected chi connectivity index (χ4v) is 3.14. The molecule has 0 unspecified atom stereocenters. The summed E-state index contributed by atoms with van der Waals surface area (Å²) in [4.78, 5) is 5.67. The summed E-state index contributed by atoms with van der Waals surface area (Å²) in [6.45, 7) is 4.25. The van der Waals surface area contributed by atoms with Crippen molar-refractivity contribution in [2.24, 2.45) is 0 Å². The fraction of sp³-hybridized carbons (Fsp3) is 0.357. The number of nitrogens with zero attached hydrogens (tertiary/aromatic N) is 1. The molecule has 6 heteroatoms. The van der Waals surface area contributed by atoms with E-state index in [-0.39, 0.29) is 6.79 Å². The smallest absolute Gasteiger partial charge is 0.231 e. The van der Waals surface area contributed by atoms with Gasteiger partial charge in [0, 0.05) is 23.2 Å². The van der Waals surface area contributed by atoms with Crippen LogP contribution in [0.1, 0.15) is 18.2 Å². The number of nitrogens with one attached hydrogen (secondary N) is 1. The van der Waals surface area contributed by atoms with Crippen molar-refractivity contribution in [3.05, 3.63) is 28.2 Å². The van der Waals surface area contributed by atoms with Crippen LogP contribution in [0.25, 0.3) is 10.6 Å². The Morgan fingerprint density at radius 1 is 1.40 bits per heavy atom. The minimum atomic E-state index is 0.225. The molecule has 0 radical (unpaired) electrons. The van der Waals surface area contributed by atoms with Gasteiger partial charge >= 0.3 is 0 Å². The Morgan fingerprint density at radius 2 is 2.30 bits per heavy atom. The van der Waals surface area contributed by atoms with Crippen molar-refractivity contribution in [3.63, 3.8) is 0 Å². The Hall–Kier alpha value is -1.30. The van der Waals surface area contributed by atoms with Crippen LogP contribution in [-0.2, 0) is 6.54 Å². The van der Waals surface area contributed by atoms with Crippen molar-refractivity contribution >= 4 is 22.9 Å². The molecule has 20 heavy (non-hydrogen) atoms. The molecule has 0 saturated carbocycles. The van der Waals surface area contributed by atoms with Crippen LogP contribution in [0.5, 0.6) is 11.5 Å². The maximum absolute atomic E-state index is 6.19. The molecule has 106 valence electrons. The zero-order chi connectivity index (χ0) is 13.9. The Bertz CT molecular complexity index is 615. The third kappa shape index (κ3) is 2.75. The summed E-state index contributed by atoms with van der Waals surface area (Å²) in [5.41, 5.74) is 0.964. The molecule has 1 aliphatic heterocycles. The summed E-state index contributed by atoms with van der Waals surface area (Å²) in [6, 6.07) is 3.80. The zero-order valence-corrected chi connectivity index (χ0v) is 12.7. The Labute approximate surface area is 126 Å². The molecule has 1 aromatic heterocycles. The fourth-order valence-electron chi connectivity index (χ4n) is 2.00. The van der Waals surface area contributed by atoms with Crippen molar-refractivity contribution in [2.75, 3.05) is 13.3 Å². The van der Waals surface area contributed by atoms with E-state index in [1.54, 1.807) is 11.3 Å². The number of hydrogen-bond acceptors (Lipinski definition) is 5. The maximum Gasteiger partial charge on any atom is 0.231 e. The van der Waals surface area contributed by atoms with Gasteiger partial charge in [0.2, 0.25) is 6.79 Å². The van der Waals surface area contributed by atoms with Crippen molar-refractivity contribution in [1.29, 1.82) is 0 Å². The topological polar surface area (TPSA) is 43.4 Å². The standard InChI is InChI=1S/C14H15ClN2O2S/c1-2-3-16-6-10-7-17-14(20-10)9-4-11(15)13-12(5-9)18-8-19-13/h4-5,7,16H,2-3,6,8H2,1H3. The Kier molecular flexibility index (Phi) is 4.10. The van der Waals surface area contributed by atoms with Crippen LogP contribution in [0, 0.1) is 0 Å². The summed E-state index contributed by atoms with van der Waals surface area (Å²) in [5.74, 6) is 1.31. The van der Waals surface area contributed by atoms with Crippen LogP contribution in [0.3, 0.4) is 0 Å². The monoisotopic (exact) mass is 310 g/mol. The van der Waals surface area contributed by atoms with Gasteiger partial charge in [-0.15, -0.1) is 11.3 Å². The summed E-state index contributed by atoms with van der Waals surface area (Å²) in [7, 11) is 0. The number of benzene rings is 1. The molecular weight excluding hydrogens is 296 g/mol. The lowest BCUT2D eigenvalue weighted by Crippen LogP contribution is -2.12. The van der Waals surface area contributed by atoms with E-state index >= 15 is 0 Å². The molecule has 2 heterocycles. The normalized spacial score (nSPS) is 12.9. The molecule has 3 rings (SSSR count). The first kappa shape index (κ1) is 13.7. The second kappa shape index (κ2) is 5.99. The zero-order valence-electron chi connectivity index (χ0n) is 11.1. The van der Waals surface area contributed by atoms with Gasteiger partial charge in [-0.2, -0.15) is 0 Å². The first-order chi connectivity index (χ1) is 9.78. The lowest BCUT2D eigenvalue weighted by molar-refractivity contribution is 0.174. The van der Waals surface area contributed by atoms with E-state index in [1.165, 1.54) is 4.88 Å². The highest BCUT2D eigenvalue weighted by Gasteiger charge is 2.19. The van der Waals surface area contributed by atoms with Crippen LogP contribution in [0.2, 0.25) is 5.02 Å². The molecule has 0 aliphatic carbocycles. The lowest BCUT2D eigenvalue weighted by atomic mass is 10.2. The number of fused-ring (bicyclic) bond motifs is 1. The molecule has 0 amide bonds. The van der Waals surface area contributed by atoms with Crippen LogP contribution < -0.4 is 14.8 Å². The molecule has 0 spiro atoms. The highest BCUT2D eigenvalue weighted by atomic mass is 35.5. The van der Waals surface area contributed by atoms with E-state index < -0.39 is 0 Å². The molecule has 0 atom stereocenters. The van der Waals surface area contributed by atoms with Gasteiger partial charge in [0.1, 0.15) is 5.01 Å². The highest BCUT2D eigenvalue weighted by molar-refractivity contribution is 7.15. The van der Waals surface area contributed by atoms with E-state index in [0.29, 0.717) is 16.5 Å². The highest BCUT2D eigenvalue weighted by Crippen LogP contribution is 2.42. The van der Waals surface area contributed by atoms with Gasteiger partial charge in [0.05, 0.1) is 5.02 Å². The second-order valence-electron chi connectivity index (χ2n) is 4.50. The number of aromatic nitrogens is 1. The molecule has 0 fully saturated rings. The van der Waals surface area contributed by atoms with Gasteiger partial charge in [0.15, 0.2) is 11.5 Å². The predicted octanol–water partition coefficient (Wildman–Crippen LogP) is 3.69. The van der Waals surface area contributed by atoms with Crippen LogP contribution in [0.15, 0.2) is 18.3 Å². The number of rotatable bonds is 5. The van der Waals surface area contributed by atoms with E-state index in [1.807, 2.05) is 18.3 Å². The third-order valence-electron chi connectivity index (χ3n) is 2.95. The average Bonchev–Trinajstić information content (AvgIpc) is 3.07. The van der Waals surface area contributed by atoms with Crippen LogP contribution in [-0.4, -0.2) is 18.3 Å². The molecule has 1 aromatic carbocycles. The first-order valence-corrected chi connectivity index (χ1v) is 7.72. The summed E-state index contributed by atoms with van der Waals surface area (Å²) in [5, 5.41) is 4.88. The van der Waals surface area contributed by atoms with E-state index in [0.717, 1.165) is 30.1 Å². The molecule has 0 bridgehead atoms. The third-order valence-corrected chi connectivity index (χ3v) is 4.28. The number of hydrogen-bond donors (Lipinski definition) is 1.